The molecule has 0 aromatic carbocycles. The molecule has 0 saturated heterocycles. The summed E-state index contributed by atoms with van der Waals surface area (Å²) < 4.78 is 0.930. The fraction of sp³-hybridized carbons (Fsp3) is 0.467. The van der Waals surface area contributed by atoms with Crippen molar-refractivity contribution in [2.24, 2.45) is 0 Å². The van der Waals surface area contributed by atoms with E-state index >= 15 is 0 Å². The molecule has 3 rings (SSSR count). The minimum absolute atomic E-state index is 0.484. The van der Waals surface area contributed by atoms with Crippen LogP contribution in [-0.4, -0.2) is 0 Å². The van der Waals surface area contributed by atoms with Gasteiger partial charge in [0.15, 0.2) is 0 Å². The van der Waals surface area contributed by atoms with Crippen LogP contribution in [0.25, 0.3) is 0 Å². The van der Waals surface area contributed by atoms with Crippen LogP contribution in [0.2, 0.25) is 4.34 Å². The largest absolute Gasteiger partial charge is 0.302 e. The Morgan fingerprint density at radius 2 is 2.42 bits per heavy atom. The molecule has 2 aromatic rings. The number of thiophene rings is 2. The molecule has 2 heterocycles. The van der Waals surface area contributed by atoms with Crippen LogP contribution in [0.15, 0.2) is 23.6 Å². The highest BCUT2D eigenvalue weighted by molar-refractivity contribution is 7.16. The lowest BCUT2D eigenvalue weighted by Crippen LogP contribution is -2.24. The van der Waals surface area contributed by atoms with Gasteiger partial charge in [0.05, 0.1) is 4.34 Å². The van der Waals surface area contributed by atoms with E-state index in [1.165, 1.54) is 41.0 Å². The van der Waals surface area contributed by atoms with Gasteiger partial charge in [-0.15, -0.1) is 22.7 Å². The normalized spacial score (nSPS) is 19.6. The number of halogens is 1. The molecule has 0 radical (unpaired) electrons. The number of rotatable bonds is 5. The van der Waals surface area contributed by atoms with Gasteiger partial charge in [0.2, 0.25) is 0 Å². The first-order valence-corrected chi connectivity index (χ1v) is 8.93. The van der Waals surface area contributed by atoms with Gasteiger partial charge in [0, 0.05) is 21.8 Å². The number of aryl methyl sites for hydroxylation is 1. The fourth-order valence-corrected chi connectivity index (χ4v) is 5.01. The molecule has 0 bridgehead atoms. The van der Waals surface area contributed by atoms with Crippen LogP contribution in [0.5, 0.6) is 0 Å². The molecule has 0 amide bonds. The van der Waals surface area contributed by atoms with E-state index in [9.17, 15) is 0 Å². The molecule has 19 heavy (non-hydrogen) atoms. The van der Waals surface area contributed by atoms with Crippen LogP contribution in [-0.2, 0) is 6.42 Å². The molecule has 1 N–H and O–H groups in total. The standard InChI is InChI=1S/C15H18ClNS2/c1-2-4-12(14-5-3-8-18-14)17-11-6-7-13-10(11)9-15(16)19-13/h3,5,8-9,11-12,17H,2,4,6-7H2,1H3. The van der Waals surface area contributed by atoms with Gasteiger partial charge in [0.1, 0.15) is 0 Å². The highest BCUT2D eigenvalue weighted by atomic mass is 35.5. The van der Waals surface area contributed by atoms with Crippen LogP contribution in [0.4, 0.5) is 0 Å². The Morgan fingerprint density at radius 3 is 3.16 bits per heavy atom. The summed E-state index contributed by atoms with van der Waals surface area (Å²) in [5.41, 5.74) is 1.44. The Balaban J connectivity index is 1.76. The summed E-state index contributed by atoms with van der Waals surface area (Å²) in [4.78, 5) is 2.93. The van der Waals surface area contributed by atoms with Crippen molar-refractivity contribution < 1.29 is 0 Å². The maximum atomic E-state index is 6.13. The summed E-state index contributed by atoms with van der Waals surface area (Å²) in [6.45, 7) is 2.25. The first-order chi connectivity index (χ1) is 9.28. The molecule has 2 aromatic heterocycles. The number of fused-ring (bicyclic) bond motifs is 1. The highest BCUT2D eigenvalue weighted by Gasteiger charge is 2.27. The number of hydrogen-bond donors (Lipinski definition) is 1. The van der Waals surface area contributed by atoms with E-state index in [0.29, 0.717) is 12.1 Å². The average Bonchev–Trinajstić information content (AvgIpc) is 3.07. The third kappa shape index (κ3) is 2.89. The SMILES string of the molecule is CCCC(NC1CCc2sc(Cl)cc21)c1cccs1. The fourth-order valence-electron chi connectivity index (χ4n) is 2.83. The highest BCUT2D eigenvalue weighted by Crippen LogP contribution is 2.41. The van der Waals surface area contributed by atoms with Crippen molar-refractivity contribution in [1.29, 1.82) is 0 Å². The molecule has 0 saturated carbocycles. The van der Waals surface area contributed by atoms with E-state index in [2.05, 4.69) is 35.8 Å². The molecular weight excluding hydrogens is 294 g/mol. The Morgan fingerprint density at radius 1 is 1.53 bits per heavy atom. The van der Waals surface area contributed by atoms with Crippen LogP contribution >= 0.6 is 34.3 Å². The second kappa shape index (κ2) is 5.96. The number of nitrogens with one attached hydrogen (secondary N) is 1. The predicted molar refractivity (Wildman–Crippen MR) is 85.5 cm³/mol. The summed E-state index contributed by atoms with van der Waals surface area (Å²) >= 11 is 9.74. The van der Waals surface area contributed by atoms with Gasteiger partial charge >= 0.3 is 0 Å². The van der Waals surface area contributed by atoms with E-state index < -0.39 is 0 Å². The smallest absolute Gasteiger partial charge is 0.0934 e. The van der Waals surface area contributed by atoms with Gasteiger partial charge in [0.25, 0.3) is 0 Å². The number of hydrogen-bond acceptors (Lipinski definition) is 3. The lowest BCUT2D eigenvalue weighted by atomic mass is 10.1. The average molecular weight is 312 g/mol. The van der Waals surface area contributed by atoms with E-state index in [-0.39, 0.29) is 0 Å². The van der Waals surface area contributed by atoms with E-state index in [1.54, 1.807) is 11.3 Å². The van der Waals surface area contributed by atoms with Crippen LogP contribution in [0, 0.1) is 0 Å². The van der Waals surface area contributed by atoms with Gasteiger partial charge in [-0.25, -0.2) is 0 Å². The zero-order valence-corrected chi connectivity index (χ0v) is 13.4. The van der Waals surface area contributed by atoms with Crippen molar-refractivity contribution in [3.63, 3.8) is 0 Å². The molecule has 4 heteroatoms. The topological polar surface area (TPSA) is 12.0 Å². The molecule has 102 valence electrons. The summed E-state index contributed by atoms with van der Waals surface area (Å²) in [5, 5.41) is 6.02. The zero-order valence-electron chi connectivity index (χ0n) is 11.0. The quantitative estimate of drug-likeness (QED) is 0.760. The lowest BCUT2D eigenvalue weighted by Gasteiger charge is -2.22. The van der Waals surface area contributed by atoms with E-state index in [1.807, 2.05) is 11.3 Å². The molecule has 0 aliphatic heterocycles. The maximum absolute atomic E-state index is 6.13. The Kier molecular flexibility index (Phi) is 4.27. The van der Waals surface area contributed by atoms with Crippen molar-refractivity contribution in [2.75, 3.05) is 0 Å². The van der Waals surface area contributed by atoms with Crippen molar-refractivity contribution >= 4 is 34.3 Å². The van der Waals surface area contributed by atoms with Crippen molar-refractivity contribution in [1.82, 2.24) is 5.32 Å². The third-order valence-electron chi connectivity index (χ3n) is 3.71. The second-order valence-electron chi connectivity index (χ2n) is 5.04. The van der Waals surface area contributed by atoms with Crippen LogP contribution < -0.4 is 5.32 Å². The van der Waals surface area contributed by atoms with Crippen molar-refractivity contribution in [2.45, 2.75) is 44.7 Å². The van der Waals surface area contributed by atoms with Crippen molar-refractivity contribution in [3.8, 4) is 0 Å². The molecule has 0 fully saturated rings. The molecule has 2 unspecified atom stereocenters. The minimum atomic E-state index is 0.484. The van der Waals surface area contributed by atoms with Gasteiger partial charge in [-0.3, -0.25) is 0 Å². The molecule has 0 spiro atoms. The summed E-state index contributed by atoms with van der Waals surface area (Å²) in [7, 11) is 0. The Bertz CT molecular complexity index is 532. The molecule has 1 aliphatic rings. The first-order valence-electron chi connectivity index (χ1n) is 6.85. The summed E-state index contributed by atoms with van der Waals surface area (Å²) in [6, 6.07) is 7.52. The van der Waals surface area contributed by atoms with Gasteiger partial charge in [-0.05, 0) is 42.3 Å². The van der Waals surface area contributed by atoms with Crippen molar-refractivity contribution in [3.05, 3.63) is 43.2 Å². The van der Waals surface area contributed by atoms with Gasteiger partial charge in [-0.1, -0.05) is 31.0 Å². The summed E-state index contributed by atoms with van der Waals surface area (Å²) in [5.74, 6) is 0. The Hall–Kier alpha value is -0.350. The molecule has 1 aliphatic carbocycles. The summed E-state index contributed by atoms with van der Waals surface area (Å²) in [6.07, 6.45) is 4.79. The molecule has 1 nitrogen and oxygen atoms in total. The first kappa shape index (κ1) is 13.6. The van der Waals surface area contributed by atoms with Gasteiger partial charge in [-0.2, -0.15) is 0 Å². The maximum Gasteiger partial charge on any atom is 0.0934 e. The van der Waals surface area contributed by atoms with Crippen LogP contribution in [0.1, 0.15) is 53.6 Å². The predicted octanol–water partition coefficient (Wildman–Crippen LogP) is 5.58. The zero-order chi connectivity index (χ0) is 13.2. The third-order valence-corrected chi connectivity index (χ3v) is 6.04. The van der Waals surface area contributed by atoms with E-state index in [4.69, 9.17) is 11.6 Å². The second-order valence-corrected chi connectivity index (χ2v) is 7.79. The minimum Gasteiger partial charge on any atom is -0.302 e. The van der Waals surface area contributed by atoms with Gasteiger partial charge < -0.3 is 5.32 Å². The molecule has 2 atom stereocenters. The molecular formula is C15H18ClNS2. The van der Waals surface area contributed by atoms with Crippen LogP contribution in [0.3, 0.4) is 0 Å². The lowest BCUT2D eigenvalue weighted by molar-refractivity contribution is 0.424. The Labute approximate surface area is 127 Å². The monoisotopic (exact) mass is 311 g/mol. The van der Waals surface area contributed by atoms with E-state index in [0.717, 1.165) is 4.34 Å².